The molecule has 0 aliphatic carbocycles. The summed E-state index contributed by atoms with van der Waals surface area (Å²) in [5, 5.41) is 5.04. The zero-order valence-electron chi connectivity index (χ0n) is 9.89. The van der Waals surface area contributed by atoms with E-state index in [1.165, 1.54) is 0 Å². The number of rotatable bonds is 6. The highest BCUT2D eigenvalue weighted by atomic mass is 35.5. The molecule has 1 N–H and O–H groups in total. The van der Waals surface area contributed by atoms with Gasteiger partial charge in [-0.25, -0.2) is 0 Å². The van der Waals surface area contributed by atoms with Gasteiger partial charge in [0.1, 0.15) is 0 Å². The molecule has 0 fully saturated rings. The van der Waals surface area contributed by atoms with Crippen LogP contribution in [0.3, 0.4) is 0 Å². The van der Waals surface area contributed by atoms with Crippen LogP contribution in [0.4, 0.5) is 0 Å². The maximum absolute atomic E-state index is 6.12. The normalized spacial score (nSPS) is 12.8. The van der Waals surface area contributed by atoms with E-state index in [0.717, 1.165) is 41.4 Å². The Morgan fingerprint density at radius 3 is 2.62 bits per heavy atom. The molecule has 1 aromatic carbocycles. The summed E-state index contributed by atoms with van der Waals surface area (Å²) < 4.78 is 0. The van der Waals surface area contributed by atoms with Crippen molar-refractivity contribution in [3.05, 3.63) is 33.8 Å². The average Bonchev–Trinajstić information content (AvgIpc) is 2.28. The van der Waals surface area contributed by atoms with E-state index >= 15 is 0 Å². The molecular formula is C13H19Cl2N. The fourth-order valence-corrected chi connectivity index (χ4v) is 2.21. The molecule has 0 aromatic heterocycles. The molecule has 0 aliphatic rings. The number of hydrogen-bond donors (Lipinski definition) is 1. The maximum Gasteiger partial charge on any atom is 0.0439 e. The lowest BCUT2D eigenvalue weighted by atomic mass is 10.0. The fourth-order valence-electron chi connectivity index (χ4n) is 1.80. The second-order valence-electron chi connectivity index (χ2n) is 3.94. The Bertz CT molecular complexity index is 326. The first-order valence-electron chi connectivity index (χ1n) is 5.84. The van der Waals surface area contributed by atoms with Gasteiger partial charge in [0.15, 0.2) is 0 Å². The minimum absolute atomic E-state index is 0.569. The van der Waals surface area contributed by atoms with Crippen molar-refractivity contribution in [2.75, 3.05) is 6.54 Å². The third-order valence-electron chi connectivity index (χ3n) is 2.76. The van der Waals surface area contributed by atoms with Gasteiger partial charge >= 0.3 is 0 Å². The van der Waals surface area contributed by atoms with Crippen LogP contribution in [-0.4, -0.2) is 12.6 Å². The lowest BCUT2D eigenvalue weighted by Crippen LogP contribution is -2.28. The summed E-state index contributed by atoms with van der Waals surface area (Å²) in [6.45, 7) is 5.35. The third kappa shape index (κ3) is 4.32. The van der Waals surface area contributed by atoms with Gasteiger partial charge in [0.25, 0.3) is 0 Å². The van der Waals surface area contributed by atoms with Gasteiger partial charge in [-0.3, -0.25) is 0 Å². The lowest BCUT2D eigenvalue weighted by Gasteiger charge is -2.16. The summed E-state index contributed by atoms with van der Waals surface area (Å²) >= 11 is 12.1. The molecule has 0 spiro atoms. The zero-order valence-corrected chi connectivity index (χ0v) is 11.4. The molecule has 90 valence electrons. The predicted molar refractivity (Wildman–Crippen MR) is 72.5 cm³/mol. The molecule has 0 bridgehead atoms. The summed E-state index contributed by atoms with van der Waals surface area (Å²) in [5.74, 6) is 0. The topological polar surface area (TPSA) is 12.0 Å². The largest absolute Gasteiger partial charge is 0.314 e. The van der Waals surface area contributed by atoms with Crippen LogP contribution in [-0.2, 0) is 6.42 Å². The Hall–Kier alpha value is -0.240. The number of benzene rings is 1. The third-order valence-corrected chi connectivity index (χ3v) is 3.36. The Labute approximate surface area is 108 Å². The number of halogens is 2. The summed E-state index contributed by atoms with van der Waals surface area (Å²) in [6.07, 6.45) is 3.22. The SMILES string of the molecule is CCNC(CC)CCc1cc(Cl)ccc1Cl. The Morgan fingerprint density at radius 2 is 2.00 bits per heavy atom. The van der Waals surface area contributed by atoms with Crippen molar-refractivity contribution < 1.29 is 0 Å². The number of hydrogen-bond acceptors (Lipinski definition) is 1. The number of nitrogens with one attached hydrogen (secondary N) is 1. The predicted octanol–water partition coefficient (Wildman–Crippen LogP) is 4.31. The standard InChI is InChI=1S/C13H19Cl2N/c1-3-12(16-4-2)7-5-10-9-11(14)6-8-13(10)15/h6,8-9,12,16H,3-5,7H2,1-2H3. The van der Waals surface area contributed by atoms with Crippen LogP contribution in [0.15, 0.2) is 18.2 Å². The molecule has 0 saturated carbocycles. The van der Waals surface area contributed by atoms with Gasteiger partial charge in [0.05, 0.1) is 0 Å². The van der Waals surface area contributed by atoms with Crippen LogP contribution in [0.5, 0.6) is 0 Å². The van der Waals surface area contributed by atoms with Crippen LogP contribution in [0.25, 0.3) is 0 Å². The molecule has 1 nitrogen and oxygen atoms in total. The van der Waals surface area contributed by atoms with Crippen LogP contribution < -0.4 is 5.32 Å². The molecule has 16 heavy (non-hydrogen) atoms. The Morgan fingerprint density at radius 1 is 1.25 bits per heavy atom. The first kappa shape index (κ1) is 13.8. The highest BCUT2D eigenvalue weighted by molar-refractivity contribution is 6.33. The maximum atomic E-state index is 6.12. The molecule has 1 atom stereocenters. The highest BCUT2D eigenvalue weighted by Crippen LogP contribution is 2.22. The molecule has 1 aromatic rings. The van der Waals surface area contributed by atoms with Crippen molar-refractivity contribution in [3.8, 4) is 0 Å². The van der Waals surface area contributed by atoms with Crippen molar-refractivity contribution in [3.63, 3.8) is 0 Å². The van der Waals surface area contributed by atoms with E-state index in [4.69, 9.17) is 23.2 Å². The van der Waals surface area contributed by atoms with E-state index in [1.807, 2.05) is 18.2 Å². The van der Waals surface area contributed by atoms with E-state index in [9.17, 15) is 0 Å². The quantitative estimate of drug-likeness (QED) is 0.803. The van der Waals surface area contributed by atoms with Crippen molar-refractivity contribution in [1.29, 1.82) is 0 Å². The van der Waals surface area contributed by atoms with Crippen molar-refractivity contribution in [2.45, 2.75) is 39.2 Å². The van der Waals surface area contributed by atoms with Gasteiger partial charge in [0, 0.05) is 16.1 Å². The minimum atomic E-state index is 0.569. The average molecular weight is 260 g/mol. The van der Waals surface area contributed by atoms with E-state index in [-0.39, 0.29) is 0 Å². The minimum Gasteiger partial charge on any atom is -0.314 e. The molecule has 1 rings (SSSR count). The van der Waals surface area contributed by atoms with Crippen molar-refractivity contribution in [2.24, 2.45) is 0 Å². The smallest absolute Gasteiger partial charge is 0.0439 e. The second kappa shape index (κ2) is 7.16. The van der Waals surface area contributed by atoms with Gasteiger partial charge < -0.3 is 5.32 Å². The first-order chi connectivity index (χ1) is 7.67. The molecule has 0 radical (unpaired) electrons. The molecule has 0 aliphatic heterocycles. The van der Waals surface area contributed by atoms with Gasteiger partial charge in [-0.15, -0.1) is 0 Å². The molecule has 0 saturated heterocycles. The van der Waals surface area contributed by atoms with E-state index < -0.39 is 0 Å². The van der Waals surface area contributed by atoms with Crippen molar-refractivity contribution in [1.82, 2.24) is 5.32 Å². The number of aryl methyl sites for hydroxylation is 1. The molecule has 3 heteroatoms. The Kier molecular flexibility index (Phi) is 6.18. The molecular weight excluding hydrogens is 241 g/mol. The summed E-state index contributed by atoms with van der Waals surface area (Å²) in [6, 6.07) is 6.23. The van der Waals surface area contributed by atoms with Crippen LogP contribution in [0.2, 0.25) is 10.0 Å². The van der Waals surface area contributed by atoms with Gasteiger partial charge in [0.2, 0.25) is 0 Å². The molecule has 0 heterocycles. The van der Waals surface area contributed by atoms with E-state index in [0.29, 0.717) is 6.04 Å². The van der Waals surface area contributed by atoms with Gasteiger partial charge in [-0.05, 0) is 49.6 Å². The lowest BCUT2D eigenvalue weighted by molar-refractivity contribution is 0.481. The summed E-state index contributed by atoms with van der Waals surface area (Å²) in [5.41, 5.74) is 1.14. The second-order valence-corrected chi connectivity index (χ2v) is 4.78. The monoisotopic (exact) mass is 259 g/mol. The molecule has 1 unspecified atom stereocenters. The zero-order chi connectivity index (χ0) is 12.0. The Balaban J connectivity index is 2.55. The fraction of sp³-hybridized carbons (Fsp3) is 0.538. The molecule has 0 amide bonds. The van der Waals surface area contributed by atoms with Crippen LogP contribution in [0.1, 0.15) is 32.3 Å². The first-order valence-corrected chi connectivity index (χ1v) is 6.60. The van der Waals surface area contributed by atoms with Crippen molar-refractivity contribution >= 4 is 23.2 Å². The van der Waals surface area contributed by atoms with Crippen LogP contribution >= 0.6 is 23.2 Å². The summed E-state index contributed by atoms with van der Waals surface area (Å²) in [7, 11) is 0. The van der Waals surface area contributed by atoms with E-state index in [1.54, 1.807) is 0 Å². The highest BCUT2D eigenvalue weighted by Gasteiger charge is 2.07. The summed E-state index contributed by atoms with van der Waals surface area (Å²) in [4.78, 5) is 0. The van der Waals surface area contributed by atoms with Gasteiger partial charge in [-0.1, -0.05) is 37.0 Å². The van der Waals surface area contributed by atoms with E-state index in [2.05, 4.69) is 19.2 Å². The van der Waals surface area contributed by atoms with Gasteiger partial charge in [-0.2, -0.15) is 0 Å². The van der Waals surface area contributed by atoms with Crippen LogP contribution in [0, 0.1) is 0 Å².